The zero-order chi connectivity index (χ0) is 21.0. The van der Waals surface area contributed by atoms with Crippen molar-refractivity contribution in [3.63, 3.8) is 0 Å². The number of nitrogens with zero attached hydrogens (tertiary/aromatic N) is 3. The first-order valence-electron chi connectivity index (χ1n) is 11.1. The summed E-state index contributed by atoms with van der Waals surface area (Å²) in [7, 11) is 1.71. The predicted molar refractivity (Wildman–Crippen MR) is 144 cm³/mol. The molecule has 1 aromatic heterocycles. The van der Waals surface area contributed by atoms with Crippen LogP contribution in [-0.2, 0) is 6.42 Å². The lowest BCUT2D eigenvalue weighted by atomic mass is 10.0. The van der Waals surface area contributed by atoms with Crippen LogP contribution in [0.25, 0.3) is 10.1 Å². The molecule has 1 saturated heterocycles. The topological polar surface area (TPSA) is 37.3 Å². The van der Waals surface area contributed by atoms with Gasteiger partial charge in [-0.25, -0.2) is 0 Å². The van der Waals surface area contributed by atoms with Gasteiger partial charge in [0.2, 0.25) is 0 Å². The maximum absolute atomic E-state index is 6.09. The van der Waals surface area contributed by atoms with E-state index >= 15 is 0 Å². The highest BCUT2D eigenvalue weighted by atomic mass is 35.5. The normalized spacial score (nSPS) is 15.5. The van der Waals surface area contributed by atoms with E-state index in [0.717, 1.165) is 69.2 Å². The quantitative estimate of drug-likeness (QED) is 0.405. The summed E-state index contributed by atoms with van der Waals surface area (Å²) >= 11 is 1.82. The average molecular weight is 509 g/mol. The van der Waals surface area contributed by atoms with Gasteiger partial charge >= 0.3 is 0 Å². The molecule has 0 bridgehead atoms. The Morgan fingerprint density at radius 2 is 1.88 bits per heavy atom. The zero-order valence-electron chi connectivity index (χ0n) is 18.9. The third kappa shape index (κ3) is 5.75. The van der Waals surface area contributed by atoms with E-state index in [1.807, 2.05) is 17.6 Å². The van der Waals surface area contributed by atoms with Gasteiger partial charge in [0.05, 0.1) is 13.7 Å². The number of aliphatic imine (C=N–C) groups is 1. The van der Waals surface area contributed by atoms with Crippen molar-refractivity contribution in [2.45, 2.75) is 12.8 Å². The number of hydrogen-bond acceptors (Lipinski definition) is 6. The minimum Gasteiger partial charge on any atom is -0.493 e. The number of rotatable bonds is 7. The number of fused-ring (bicyclic) bond motifs is 2. The van der Waals surface area contributed by atoms with E-state index in [9.17, 15) is 0 Å². The Morgan fingerprint density at radius 1 is 1.03 bits per heavy atom. The molecule has 2 aliphatic rings. The summed E-state index contributed by atoms with van der Waals surface area (Å²) in [5, 5.41) is 3.58. The van der Waals surface area contributed by atoms with Crippen molar-refractivity contribution in [1.82, 2.24) is 4.90 Å². The van der Waals surface area contributed by atoms with Gasteiger partial charge in [0, 0.05) is 61.3 Å². The lowest BCUT2D eigenvalue weighted by Gasteiger charge is -2.36. The van der Waals surface area contributed by atoms with Gasteiger partial charge < -0.3 is 14.4 Å². The van der Waals surface area contributed by atoms with Crippen LogP contribution in [0.3, 0.4) is 0 Å². The molecule has 3 aromatic rings. The van der Waals surface area contributed by atoms with Crippen molar-refractivity contribution >= 4 is 58.1 Å². The van der Waals surface area contributed by atoms with Gasteiger partial charge in [-0.15, -0.1) is 36.2 Å². The number of thiophene rings is 1. The number of halogens is 2. The van der Waals surface area contributed by atoms with Crippen LogP contribution in [0.2, 0.25) is 0 Å². The molecule has 0 unspecified atom stereocenters. The molecule has 0 N–H and O–H groups in total. The van der Waals surface area contributed by atoms with E-state index in [1.165, 1.54) is 21.3 Å². The van der Waals surface area contributed by atoms with Gasteiger partial charge in [-0.05, 0) is 59.7 Å². The standard InChI is InChI=1S/C25H29N3O2S.2ClH/c1-29-23-16-19-6-8-26-18-20(19)17-24(23)30-14-3-9-27-10-12-28(13-11-27)22-4-2-5-25-21(22)7-15-31-25;;/h2,4-5,7,15-18H,3,6,8-14H2,1H3;2*1H. The van der Waals surface area contributed by atoms with Crippen molar-refractivity contribution in [1.29, 1.82) is 0 Å². The maximum Gasteiger partial charge on any atom is 0.161 e. The fraction of sp³-hybridized carbons (Fsp3) is 0.400. The molecule has 2 aliphatic heterocycles. The number of anilines is 1. The molecule has 1 fully saturated rings. The molecule has 33 heavy (non-hydrogen) atoms. The second kappa shape index (κ2) is 11.9. The summed E-state index contributed by atoms with van der Waals surface area (Å²) in [6.07, 6.45) is 3.92. The van der Waals surface area contributed by atoms with Crippen LogP contribution in [0, 0.1) is 0 Å². The number of ether oxygens (including phenoxy) is 2. The van der Waals surface area contributed by atoms with Crippen molar-refractivity contribution in [3.05, 3.63) is 52.9 Å². The highest BCUT2D eigenvalue weighted by Gasteiger charge is 2.19. The van der Waals surface area contributed by atoms with E-state index < -0.39 is 0 Å². The Hall–Kier alpha value is -1.99. The van der Waals surface area contributed by atoms with E-state index in [1.54, 1.807) is 7.11 Å². The van der Waals surface area contributed by atoms with E-state index in [0.29, 0.717) is 6.61 Å². The molecule has 2 aromatic carbocycles. The lowest BCUT2D eigenvalue weighted by molar-refractivity contribution is 0.221. The summed E-state index contributed by atoms with van der Waals surface area (Å²) in [4.78, 5) is 9.46. The Balaban J connectivity index is 0.00000153. The molecule has 8 heteroatoms. The second-order valence-corrected chi connectivity index (χ2v) is 9.08. The minimum absolute atomic E-state index is 0. The maximum atomic E-state index is 6.09. The van der Waals surface area contributed by atoms with Gasteiger partial charge in [0.15, 0.2) is 11.5 Å². The number of piperazine rings is 1. The Kier molecular flexibility index (Phi) is 9.27. The van der Waals surface area contributed by atoms with Crippen molar-refractivity contribution in [3.8, 4) is 11.5 Å². The first-order valence-corrected chi connectivity index (χ1v) is 12.0. The van der Waals surface area contributed by atoms with Crippen molar-refractivity contribution < 1.29 is 9.47 Å². The largest absolute Gasteiger partial charge is 0.493 e. The van der Waals surface area contributed by atoms with Crippen molar-refractivity contribution in [2.24, 2.45) is 4.99 Å². The molecule has 3 heterocycles. The summed E-state index contributed by atoms with van der Waals surface area (Å²) in [6.45, 7) is 6.96. The smallest absolute Gasteiger partial charge is 0.161 e. The molecule has 0 aliphatic carbocycles. The lowest BCUT2D eigenvalue weighted by Crippen LogP contribution is -2.46. The molecule has 0 amide bonds. The molecule has 0 saturated carbocycles. The van der Waals surface area contributed by atoms with E-state index in [4.69, 9.17) is 9.47 Å². The summed E-state index contributed by atoms with van der Waals surface area (Å²) in [6, 6.07) is 13.1. The van der Waals surface area contributed by atoms with Crippen LogP contribution in [-0.4, -0.2) is 64.1 Å². The molecular weight excluding hydrogens is 477 g/mol. The SMILES string of the molecule is COc1cc2c(cc1OCCCN1CCN(c3cccc4sccc34)CC1)C=NCC2.Cl.Cl. The monoisotopic (exact) mass is 507 g/mol. The van der Waals surface area contributed by atoms with Crippen LogP contribution in [0.4, 0.5) is 5.69 Å². The average Bonchev–Trinajstić information content (AvgIpc) is 3.31. The third-order valence-electron chi connectivity index (χ3n) is 6.23. The molecule has 178 valence electrons. The van der Waals surface area contributed by atoms with Crippen LogP contribution in [0.5, 0.6) is 11.5 Å². The van der Waals surface area contributed by atoms with Crippen LogP contribution in [0.1, 0.15) is 17.5 Å². The van der Waals surface area contributed by atoms with Gasteiger partial charge in [0.1, 0.15) is 0 Å². The fourth-order valence-electron chi connectivity index (χ4n) is 4.51. The van der Waals surface area contributed by atoms with Crippen molar-refractivity contribution in [2.75, 3.05) is 57.9 Å². The Labute approximate surface area is 212 Å². The number of benzene rings is 2. The summed E-state index contributed by atoms with van der Waals surface area (Å²) in [5.41, 5.74) is 3.82. The van der Waals surface area contributed by atoms with Gasteiger partial charge in [-0.1, -0.05) is 6.07 Å². The van der Waals surface area contributed by atoms with Crippen LogP contribution in [0.15, 0.2) is 46.8 Å². The van der Waals surface area contributed by atoms with Crippen LogP contribution >= 0.6 is 36.2 Å². The Bertz CT molecular complexity index is 1080. The second-order valence-electron chi connectivity index (χ2n) is 8.13. The van der Waals surface area contributed by atoms with Gasteiger partial charge in [-0.2, -0.15) is 0 Å². The third-order valence-corrected chi connectivity index (χ3v) is 7.11. The highest BCUT2D eigenvalue weighted by molar-refractivity contribution is 7.17. The first kappa shape index (κ1) is 25.6. The van der Waals surface area contributed by atoms with Crippen LogP contribution < -0.4 is 14.4 Å². The minimum atomic E-state index is 0. The molecule has 5 rings (SSSR count). The predicted octanol–water partition coefficient (Wildman–Crippen LogP) is 5.32. The van der Waals surface area contributed by atoms with E-state index in [2.05, 4.69) is 56.6 Å². The molecule has 5 nitrogen and oxygen atoms in total. The molecular formula is C25H31Cl2N3O2S. The summed E-state index contributed by atoms with van der Waals surface area (Å²) in [5.74, 6) is 1.65. The molecule has 0 spiro atoms. The molecule has 0 atom stereocenters. The highest BCUT2D eigenvalue weighted by Crippen LogP contribution is 2.32. The van der Waals surface area contributed by atoms with Gasteiger partial charge in [-0.3, -0.25) is 9.89 Å². The first-order chi connectivity index (χ1) is 15.3. The fourth-order valence-corrected chi connectivity index (χ4v) is 5.32. The van der Waals surface area contributed by atoms with Gasteiger partial charge in [0.25, 0.3) is 0 Å². The molecule has 0 radical (unpaired) electrons. The zero-order valence-corrected chi connectivity index (χ0v) is 21.3. The van der Waals surface area contributed by atoms with E-state index in [-0.39, 0.29) is 24.8 Å². The number of methoxy groups -OCH3 is 1. The Morgan fingerprint density at radius 3 is 2.70 bits per heavy atom. The number of hydrogen-bond donors (Lipinski definition) is 0. The summed E-state index contributed by atoms with van der Waals surface area (Å²) < 4.78 is 13.0.